The molecule has 106 valence electrons. The van der Waals surface area contributed by atoms with Crippen LogP contribution in [0.2, 0.25) is 0 Å². The van der Waals surface area contributed by atoms with Crippen molar-refractivity contribution in [2.24, 2.45) is 0 Å². The summed E-state index contributed by atoms with van der Waals surface area (Å²) in [6.07, 6.45) is 0. The Bertz CT molecular complexity index is 599. The van der Waals surface area contributed by atoms with Crippen molar-refractivity contribution < 1.29 is 4.79 Å². The summed E-state index contributed by atoms with van der Waals surface area (Å²) in [6, 6.07) is 6.29. The van der Waals surface area contributed by atoms with Crippen molar-refractivity contribution >= 4 is 11.6 Å². The van der Waals surface area contributed by atoms with Gasteiger partial charge < -0.3 is 10.2 Å². The van der Waals surface area contributed by atoms with E-state index in [1.807, 2.05) is 13.1 Å². The predicted octanol–water partition coefficient (Wildman–Crippen LogP) is 3.12. The topological polar surface area (TPSA) is 32.3 Å². The number of fused-ring (bicyclic) bond motifs is 1. The van der Waals surface area contributed by atoms with Crippen molar-refractivity contribution in [3.8, 4) is 0 Å². The molecule has 0 bridgehead atoms. The van der Waals surface area contributed by atoms with Gasteiger partial charge in [0.2, 0.25) is 5.91 Å². The molecule has 1 N–H and O–H groups in total. The zero-order valence-corrected chi connectivity index (χ0v) is 12.7. The highest BCUT2D eigenvalue weighted by atomic mass is 16.1. The number of amides is 1. The summed E-state index contributed by atoms with van der Waals surface area (Å²) in [5.74, 6) is -0.105. The van der Waals surface area contributed by atoms with Crippen LogP contribution in [0.5, 0.6) is 0 Å². The number of anilines is 1. The van der Waals surface area contributed by atoms with Crippen LogP contribution in [-0.2, 0) is 16.8 Å². The Labute approximate surface area is 121 Å². The SMILES string of the molecule is C=C(C)C(=O)NCc1ccc2c(c1)C(C)(C)C(=C)N2C. The van der Waals surface area contributed by atoms with Crippen molar-refractivity contribution in [1.82, 2.24) is 5.32 Å². The van der Waals surface area contributed by atoms with E-state index in [9.17, 15) is 4.79 Å². The van der Waals surface area contributed by atoms with Crippen LogP contribution < -0.4 is 10.2 Å². The van der Waals surface area contributed by atoms with E-state index in [0.717, 1.165) is 11.3 Å². The van der Waals surface area contributed by atoms with Crippen molar-refractivity contribution in [2.45, 2.75) is 32.7 Å². The number of nitrogens with one attached hydrogen (secondary N) is 1. The maximum Gasteiger partial charge on any atom is 0.246 e. The normalized spacial score (nSPS) is 16.0. The van der Waals surface area contributed by atoms with E-state index in [0.29, 0.717) is 12.1 Å². The molecule has 3 heteroatoms. The molecule has 2 rings (SSSR count). The minimum absolute atomic E-state index is 0.0710. The Morgan fingerprint density at radius 2 is 2.05 bits per heavy atom. The molecule has 1 aliphatic heterocycles. The van der Waals surface area contributed by atoms with Crippen LogP contribution in [0.4, 0.5) is 5.69 Å². The monoisotopic (exact) mass is 270 g/mol. The van der Waals surface area contributed by atoms with E-state index >= 15 is 0 Å². The standard InChI is InChI=1S/C17H22N2O/c1-11(2)16(20)18-10-13-7-8-15-14(9-13)17(4,5)12(3)19(15)6/h7-9H,1,3,10H2,2,4-6H3,(H,18,20). The molecular weight excluding hydrogens is 248 g/mol. The van der Waals surface area contributed by atoms with Crippen molar-refractivity contribution in [1.29, 1.82) is 0 Å². The highest BCUT2D eigenvalue weighted by molar-refractivity contribution is 5.92. The lowest BCUT2D eigenvalue weighted by molar-refractivity contribution is -0.117. The average Bonchev–Trinajstić information content (AvgIpc) is 2.57. The van der Waals surface area contributed by atoms with Crippen LogP contribution in [0.3, 0.4) is 0 Å². The van der Waals surface area contributed by atoms with E-state index in [2.05, 4.69) is 49.4 Å². The summed E-state index contributed by atoms with van der Waals surface area (Å²) in [5.41, 5.74) is 5.09. The van der Waals surface area contributed by atoms with Gasteiger partial charge in [0.05, 0.1) is 0 Å². The molecule has 0 radical (unpaired) electrons. The third-order valence-electron chi connectivity index (χ3n) is 4.06. The zero-order chi connectivity index (χ0) is 15.1. The molecule has 0 fully saturated rings. The predicted molar refractivity (Wildman–Crippen MR) is 83.7 cm³/mol. The van der Waals surface area contributed by atoms with Gasteiger partial charge in [-0.15, -0.1) is 0 Å². The number of carbonyl (C=O) groups is 1. The van der Waals surface area contributed by atoms with E-state index in [4.69, 9.17) is 0 Å². The van der Waals surface area contributed by atoms with Crippen molar-refractivity contribution in [3.05, 3.63) is 53.8 Å². The number of nitrogens with zero attached hydrogens (tertiary/aromatic N) is 1. The zero-order valence-electron chi connectivity index (χ0n) is 12.7. The third kappa shape index (κ3) is 2.24. The number of hydrogen-bond acceptors (Lipinski definition) is 2. The lowest BCUT2D eigenvalue weighted by Gasteiger charge is -2.22. The fraction of sp³-hybridized carbons (Fsp3) is 0.353. The van der Waals surface area contributed by atoms with Gasteiger partial charge in [-0.3, -0.25) is 4.79 Å². The molecule has 0 spiro atoms. The number of carbonyl (C=O) groups excluding carboxylic acids is 1. The van der Waals surface area contributed by atoms with Gasteiger partial charge in [0.1, 0.15) is 0 Å². The number of hydrogen-bond donors (Lipinski definition) is 1. The quantitative estimate of drug-likeness (QED) is 0.856. The van der Waals surface area contributed by atoms with Crippen LogP contribution in [0, 0.1) is 0 Å². The lowest BCUT2D eigenvalue weighted by Crippen LogP contribution is -2.23. The third-order valence-corrected chi connectivity index (χ3v) is 4.06. The molecule has 20 heavy (non-hydrogen) atoms. The van der Waals surface area contributed by atoms with Gasteiger partial charge in [-0.05, 0) is 24.1 Å². The van der Waals surface area contributed by atoms with Gasteiger partial charge >= 0.3 is 0 Å². The number of allylic oxidation sites excluding steroid dienone is 1. The summed E-state index contributed by atoms with van der Waals surface area (Å²) in [7, 11) is 2.04. The first-order chi connectivity index (χ1) is 9.25. The molecular formula is C17H22N2O. The summed E-state index contributed by atoms with van der Waals surface area (Å²) in [6.45, 7) is 14.4. The van der Waals surface area contributed by atoms with Crippen molar-refractivity contribution in [2.75, 3.05) is 11.9 Å². The first kappa shape index (κ1) is 14.4. The van der Waals surface area contributed by atoms with Crippen LogP contribution in [0.1, 0.15) is 31.9 Å². The fourth-order valence-electron chi connectivity index (χ4n) is 2.54. The van der Waals surface area contributed by atoms with E-state index in [-0.39, 0.29) is 11.3 Å². The molecule has 3 nitrogen and oxygen atoms in total. The van der Waals surface area contributed by atoms with Gasteiger partial charge in [-0.2, -0.15) is 0 Å². The summed E-state index contributed by atoms with van der Waals surface area (Å²) >= 11 is 0. The Kier molecular flexibility index (Phi) is 3.46. The van der Waals surface area contributed by atoms with Gasteiger partial charge in [0.15, 0.2) is 0 Å². The Balaban J connectivity index is 2.25. The molecule has 1 amide bonds. The molecule has 0 atom stereocenters. The van der Waals surface area contributed by atoms with E-state index < -0.39 is 0 Å². The number of likely N-dealkylation sites (N-methyl/N-ethyl adjacent to an activating group) is 1. The molecule has 1 heterocycles. The van der Waals surface area contributed by atoms with Crippen LogP contribution in [0.15, 0.2) is 42.6 Å². The maximum absolute atomic E-state index is 11.5. The highest BCUT2D eigenvalue weighted by Crippen LogP contribution is 2.46. The summed E-state index contributed by atoms with van der Waals surface area (Å²) < 4.78 is 0. The van der Waals surface area contributed by atoms with Gasteiger partial charge in [-0.1, -0.05) is 39.1 Å². The number of benzene rings is 1. The van der Waals surface area contributed by atoms with Crippen LogP contribution >= 0.6 is 0 Å². The van der Waals surface area contributed by atoms with E-state index in [1.54, 1.807) is 6.92 Å². The molecule has 0 saturated heterocycles. The molecule has 0 unspecified atom stereocenters. The highest BCUT2D eigenvalue weighted by Gasteiger charge is 2.37. The molecule has 0 aromatic heterocycles. The second kappa shape index (κ2) is 4.82. The van der Waals surface area contributed by atoms with E-state index in [1.165, 1.54) is 11.3 Å². The Morgan fingerprint density at radius 3 is 2.65 bits per heavy atom. The number of rotatable bonds is 3. The average molecular weight is 270 g/mol. The molecule has 1 aromatic rings. The Hall–Kier alpha value is -2.03. The lowest BCUT2D eigenvalue weighted by atomic mass is 9.84. The van der Waals surface area contributed by atoms with Crippen LogP contribution in [0.25, 0.3) is 0 Å². The minimum atomic E-state index is -0.105. The second-order valence-electron chi connectivity index (χ2n) is 5.95. The minimum Gasteiger partial charge on any atom is -0.348 e. The van der Waals surface area contributed by atoms with Crippen molar-refractivity contribution in [3.63, 3.8) is 0 Å². The molecule has 1 aromatic carbocycles. The fourth-order valence-corrected chi connectivity index (χ4v) is 2.54. The first-order valence-corrected chi connectivity index (χ1v) is 6.75. The van der Waals surface area contributed by atoms with Gasteiger partial charge in [0, 0.05) is 36.0 Å². The molecule has 0 aliphatic carbocycles. The molecule has 0 saturated carbocycles. The maximum atomic E-state index is 11.5. The van der Waals surface area contributed by atoms with Crippen LogP contribution in [-0.4, -0.2) is 13.0 Å². The van der Waals surface area contributed by atoms with Gasteiger partial charge in [-0.25, -0.2) is 0 Å². The second-order valence-corrected chi connectivity index (χ2v) is 5.95. The first-order valence-electron chi connectivity index (χ1n) is 6.75. The summed E-state index contributed by atoms with van der Waals surface area (Å²) in [4.78, 5) is 13.7. The smallest absolute Gasteiger partial charge is 0.246 e. The molecule has 1 aliphatic rings. The Morgan fingerprint density at radius 1 is 1.40 bits per heavy atom. The largest absolute Gasteiger partial charge is 0.348 e. The summed E-state index contributed by atoms with van der Waals surface area (Å²) in [5, 5.41) is 2.86. The van der Waals surface area contributed by atoms with Gasteiger partial charge in [0.25, 0.3) is 0 Å².